The van der Waals surface area contributed by atoms with Crippen LogP contribution in [0.3, 0.4) is 0 Å². The van der Waals surface area contributed by atoms with E-state index >= 15 is 0 Å². The van der Waals surface area contributed by atoms with Crippen LogP contribution in [0.15, 0.2) is 15.2 Å². The van der Waals surface area contributed by atoms with E-state index in [0.717, 1.165) is 0 Å². The van der Waals surface area contributed by atoms with Gasteiger partial charge in [0.2, 0.25) is 0 Å². The Hall–Kier alpha value is -0.590. The molecular formula is C5H8IN3O. The van der Waals surface area contributed by atoms with Gasteiger partial charge in [-0.15, -0.1) is 0 Å². The van der Waals surface area contributed by atoms with Crippen molar-refractivity contribution >= 4 is 34.5 Å². The van der Waals surface area contributed by atoms with Crippen molar-refractivity contribution in [2.45, 2.75) is 0 Å². The van der Waals surface area contributed by atoms with Crippen LogP contribution in [0.25, 0.3) is 0 Å². The van der Waals surface area contributed by atoms with Gasteiger partial charge in [0.05, 0.1) is 0 Å². The standard InChI is InChI=1S/C5H8IN3O/c1-8-5(10)9-4(7)2-3-6/h2-3H,1H3,(H3,7,8,9,10)/b3-2-. The molecule has 0 unspecified atom stereocenters. The zero-order chi connectivity index (χ0) is 7.98. The molecule has 0 bridgehead atoms. The van der Waals surface area contributed by atoms with Gasteiger partial charge in [-0.3, -0.25) is 0 Å². The van der Waals surface area contributed by atoms with Gasteiger partial charge in [0.1, 0.15) is 5.84 Å². The third-order valence-electron chi connectivity index (χ3n) is 0.678. The molecule has 4 nitrogen and oxygen atoms in total. The number of hydrogen-bond acceptors (Lipinski definition) is 1. The van der Waals surface area contributed by atoms with Gasteiger partial charge in [0.15, 0.2) is 0 Å². The second kappa shape index (κ2) is 5.21. The summed E-state index contributed by atoms with van der Waals surface area (Å²) in [5, 5.41) is 2.31. The van der Waals surface area contributed by atoms with Gasteiger partial charge in [-0.05, 0) is 10.2 Å². The number of urea groups is 1. The first-order valence-electron chi connectivity index (χ1n) is 2.53. The molecule has 0 aliphatic carbocycles. The molecule has 3 N–H and O–H groups in total. The highest BCUT2D eigenvalue weighted by Gasteiger charge is 1.90. The lowest BCUT2D eigenvalue weighted by atomic mass is 10.6. The Kier molecular flexibility index (Phi) is 4.91. The van der Waals surface area contributed by atoms with Gasteiger partial charge in [0.25, 0.3) is 0 Å². The summed E-state index contributed by atoms with van der Waals surface area (Å²) in [6, 6.07) is -0.438. The molecule has 0 aliphatic heterocycles. The number of hydrogen-bond donors (Lipinski definition) is 2. The minimum Gasteiger partial charge on any atom is -0.384 e. The lowest BCUT2D eigenvalue weighted by molar-refractivity contribution is 0.251. The molecule has 5 heteroatoms. The van der Waals surface area contributed by atoms with Gasteiger partial charge < -0.3 is 11.1 Å². The number of nitrogens with one attached hydrogen (secondary N) is 1. The average molecular weight is 253 g/mol. The summed E-state index contributed by atoms with van der Waals surface area (Å²) in [7, 11) is 1.49. The van der Waals surface area contributed by atoms with Crippen LogP contribution in [-0.4, -0.2) is 18.9 Å². The molecule has 0 fully saturated rings. The molecule has 0 aromatic rings. The summed E-state index contributed by atoms with van der Waals surface area (Å²) < 4.78 is 1.68. The first kappa shape index (κ1) is 9.41. The number of halogens is 1. The molecular weight excluding hydrogens is 245 g/mol. The number of rotatable bonds is 1. The molecule has 0 aromatic heterocycles. The fourth-order valence-corrected chi connectivity index (χ4v) is 0.643. The van der Waals surface area contributed by atoms with E-state index < -0.39 is 6.03 Å². The Balaban J connectivity index is 4.02. The van der Waals surface area contributed by atoms with Crippen LogP contribution in [0, 0.1) is 0 Å². The normalized spacial score (nSPS) is 12.0. The fourth-order valence-electron chi connectivity index (χ4n) is 0.275. The lowest BCUT2D eigenvalue weighted by Gasteiger charge is -1.90. The molecule has 0 heterocycles. The third kappa shape index (κ3) is 4.30. The maximum Gasteiger partial charge on any atom is 0.342 e. The monoisotopic (exact) mass is 253 g/mol. The summed E-state index contributed by atoms with van der Waals surface area (Å²) in [5.74, 6) is 0.203. The van der Waals surface area contributed by atoms with Gasteiger partial charge in [0, 0.05) is 7.05 Å². The third-order valence-corrected chi connectivity index (χ3v) is 1.04. The number of amides is 2. The number of aliphatic imine (C=N–C) groups is 1. The van der Waals surface area contributed by atoms with Crippen molar-refractivity contribution in [3.8, 4) is 0 Å². The van der Waals surface area contributed by atoms with E-state index in [9.17, 15) is 4.79 Å². The summed E-state index contributed by atoms with van der Waals surface area (Å²) >= 11 is 1.99. The SMILES string of the molecule is CNC(=O)/N=C(N)\C=C/I. The molecule has 0 aliphatic rings. The largest absolute Gasteiger partial charge is 0.384 e. The summed E-state index contributed by atoms with van der Waals surface area (Å²) in [6.07, 6.45) is 1.54. The van der Waals surface area contributed by atoms with E-state index in [-0.39, 0.29) is 5.84 Å². The second-order valence-corrected chi connectivity index (χ2v) is 2.10. The van der Waals surface area contributed by atoms with E-state index in [0.29, 0.717) is 0 Å². The molecule has 0 atom stereocenters. The van der Waals surface area contributed by atoms with Gasteiger partial charge in [-0.1, -0.05) is 22.6 Å². The van der Waals surface area contributed by atoms with E-state index in [1.165, 1.54) is 13.1 Å². The summed E-state index contributed by atoms with van der Waals surface area (Å²) in [6.45, 7) is 0. The Morgan fingerprint density at radius 1 is 1.80 bits per heavy atom. The number of nitrogens with two attached hydrogens (primary N) is 1. The van der Waals surface area contributed by atoms with Crippen LogP contribution in [0.1, 0.15) is 0 Å². The van der Waals surface area contributed by atoms with Gasteiger partial charge in [-0.2, -0.15) is 4.99 Å². The van der Waals surface area contributed by atoms with Gasteiger partial charge in [-0.25, -0.2) is 4.79 Å². The van der Waals surface area contributed by atoms with Crippen molar-refractivity contribution in [2.24, 2.45) is 10.7 Å². The minimum atomic E-state index is -0.438. The highest BCUT2D eigenvalue weighted by Crippen LogP contribution is 1.83. The molecule has 0 aromatic carbocycles. The molecule has 0 saturated carbocycles. The maximum atomic E-state index is 10.5. The van der Waals surface area contributed by atoms with Gasteiger partial charge >= 0.3 is 6.03 Å². The second-order valence-electron chi connectivity index (χ2n) is 1.38. The fraction of sp³-hybridized carbons (Fsp3) is 0.200. The highest BCUT2D eigenvalue weighted by molar-refractivity contribution is 14.1. The van der Waals surface area contributed by atoms with Crippen molar-refractivity contribution in [3.05, 3.63) is 10.2 Å². The lowest BCUT2D eigenvalue weighted by Crippen LogP contribution is -2.18. The zero-order valence-electron chi connectivity index (χ0n) is 5.47. The Bertz CT molecular complexity index is 176. The van der Waals surface area contributed by atoms with Crippen molar-refractivity contribution in [1.29, 1.82) is 0 Å². The summed E-state index contributed by atoms with van der Waals surface area (Å²) in [5.41, 5.74) is 5.26. The number of nitrogens with zero attached hydrogens (tertiary/aromatic N) is 1. The molecule has 2 amide bonds. The van der Waals surface area contributed by atoms with E-state index in [1.807, 2.05) is 22.6 Å². The van der Waals surface area contributed by atoms with Crippen LogP contribution in [-0.2, 0) is 0 Å². The molecule has 0 radical (unpaired) electrons. The molecule has 10 heavy (non-hydrogen) atoms. The Morgan fingerprint density at radius 3 is 2.80 bits per heavy atom. The number of carbonyl (C=O) groups is 1. The van der Waals surface area contributed by atoms with Crippen molar-refractivity contribution < 1.29 is 4.79 Å². The van der Waals surface area contributed by atoms with Crippen molar-refractivity contribution in [1.82, 2.24) is 5.32 Å². The predicted molar refractivity (Wildman–Crippen MR) is 49.2 cm³/mol. The smallest absolute Gasteiger partial charge is 0.342 e. The molecule has 0 spiro atoms. The average Bonchev–Trinajstić information content (AvgIpc) is 1.88. The van der Waals surface area contributed by atoms with Crippen molar-refractivity contribution in [2.75, 3.05) is 7.05 Å². The zero-order valence-corrected chi connectivity index (χ0v) is 7.62. The first-order valence-corrected chi connectivity index (χ1v) is 3.78. The molecule has 0 saturated heterocycles. The quantitative estimate of drug-likeness (QED) is 0.409. The Morgan fingerprint density at radius 2 is 2.40 bits per heavy atom. The first-order chi connectivity index (χ1) is 4.70. The van der Waals surface area contributed by atoms with E-state index in [2.05, 4.69) is 10.3 Å². The van der Waals surface area contributed by atoms with Crippen LogP contribution in [0.4, 0.5) is 4.79 Å². The highest BCUT2D eigenvalue weighted by atomic mass is 127. The molecule has 56 valence electrons. The maximum absolute atomic E-state index is 10.5. The summed E-state index contributed by atoms with van der Waals surface area (Å²) in [4.78, 5) is 13.9. The number of amidine groups is 1. The minimum absolute atomic E-state index is 0.203. The van der Waals surface area contributed by atoms with Crippen LogP contribution < -0.4 is 11.1 Å². The van der Waals surface area contributed by atoms with Crippen LogP contribution in [0.5, 0.6) is 0 Å². The predicted octanol–water partition coefficient (Wildman–Crippen LogP) is 0.632. The number of carbonyl (C=O) groups excluding carboxylic acids is 1. The topological polar surface area (TPSA) is 67.5 Å². The van der Waals surface area contributed by atoms with Crippen LogP contribution in [0.2, 0.25) is 0 Å². The van der Waals surface area contributed by atoms with E-state index in [1.54, 1.807) is 4.08 Å². The Labute approximate surface area is 72.7 Å². The van der Waals surface area contributed by atoms with Crippen molar-refractivity contribution in [3.63, 3.8) is 0 Å². The van der Waals surface area contributed by atoms with E-state index in [4.69, 9.17) is 5.73 Å². The molecule has 0 rings (SSSR count). The van der Waals surface area contributed by atoms with Crippen LogP contribution >= 0.6 is 22.6 Å².